The average molecular weight is 461 g/mol. The summed E-state index contributed by atoms with van der Waals surface area (Å²) < 4.78 is 79.7. The molecule has 6 nitrogen and oxygen atoms in total. The number of carbonyl (C=O) groups excluding carboxylic acids is 1. The molecule has 148 valence electrons. The SMILES string of the molecule is O=C(CNC1C=NC(c2cnc(OCC(F)(F)F)c(F)c2)=CN1)C(F)(F)Br. The molecule has 1 aliphatic rings. The molecule has 1 unspecified atom stereocenters. The van der Waals surface area contributed by atoms with Crippen molar-refractivity contribution in [3.8, 4) is 5.88 Å². The van der Waals surface area contributed by atoms with E-state index in [4.69, 9.17) is 0 Å². The Bertz CT molecular complexity index is 763. The van der Waals surface area contributed by atoms with Gasteiger partial charge in [-0.3, -0.25) is 15.1 Å². The van der Waals surface area contributed by atoms with Crippen LogP contribution >= 0.6 is 15.9 Å². The number of ether oxygens (including phenoxy) is 1. The minimum absolute atomic E-state index is 0.136. The van der Waals surface area contributed by atoms with Crippen molar-refractivity contribution in [1.29, 1.82) is 0 Å². The molecule has 2 N–H and O–H groups in total. The Labute approximate surface area is 156 Å². The van der Waals surface area contributed by atoms with Crippen molar-refractivity contribution in [3.05, 3.63) is 29.8 Å². The van der Waals surface area contributed by atoms with E-state index in [1.54, 1.807) is 0 Å². The number of halogens is 7. The molecule has 0 aromatic carbocycles. The van der Waals surface area contributed by atoms with Gasteiger partial charge in [0.1, 0.15) is 6.17 Å². The van der Waals surface area contributed by atoms with Crippen LogP contribution in [0.5, 0.6) is 5.88 Å². The number of ketones is 1. The van der Waals surface area contributed by atoms with E-state index in [1.807, 2.05) is 15.9 Å². The number of hydrogen-bond acceptors (Lipinski definition) is 6. The molecule has 0 fully saturated rings. The second-order valence-corrected chi connectivity index (χ2v) is 6.16. The van der Waals surface area contributed by atoms with Crippen LogP contribution in [0.1, 0.15) is 5.56 Å². The fourth-order valence-corrected chi connectivity index (χ4v) is 1.94. The molecular weight excluding hydrogens is 450 g/mol. The number of hydrogen-bond donors (Lipinski definition) is 2. The Balaban J connectivity index is 1.95. The Morgan fingerprint density at radius 2 is 2.04 bits per heavy atom. The Hall–Kier alpha value is -2.15. The number of aliphatic imine (C=N–C) groups is 1. The van der Waals surface area contributed by atoms with Gasteiger partial charge in [-0.2, -0.15) is 22.0 Å². The first-order valence-corrected chi connectivity index (χ1v) is 7.94. The second kappa shape index (κ2) is 8.25. The molecule has 1 atom stereocenters. The van der Waals surface area contributed by atoms with Crippen molar-refractivity contribution in [1.82, 2.24) is 15.6 Å². The molecule has 1 aromatic heterocycles. The van der Waals surface area contributed by atoms with Crippen LogP contribution in [0.4, 0.5) is 26.3 Å². The summed E-state index contributed by atoms with van der Waals surface area (Å²) >= 11 is 1.94. The van der Waals surface area contributed by atoms with E-state index >= 15 is 0 Å². The molecule has 1 aliphatic heterocycles. The van der Waals surface area contributed by atoms with Crippen molar-refractivity contribution in [3.63, 3.8) is 0 Å². The van der Waals surface area contributed by atoms with Crippen LogP contribution in [0, 0.1) is 5.82 Å². The first-order chi connectivity index (χ1) is 12.5. The van der Waals surface area contributed by atoms with Gasteiger partial charge in [-0.1, -0.05) is 0 Å². The van der Waals surface area contributed by atoms with E-state index < -0.39 is 47.8 Å². The summed E-state index contributed by atoms with van der Waals surface area (Å²) in [6, 6.07) is 0.881. The van der Waals surface area contributed by atoms with E-state index in [2.05, 4.69) is 25.3 Å². The zero-order valence-corrected chi connectivity index (χ0v) is 14.7. The summed E-state index contributed by atoms with van der Waals surface area (Å²) in [5.74, 6) is -3.30. The summed E-state index contributed by atoms with van der Waals surface area (Å²) in [5, 5.41) is 5.16. The molecule has 2 heterocycles. The highest BCUT2D eigenvalue weighted by atomic mass is 79.9. The minimum Gasteiger partial charge on any atom is -0.466 e. The summed E-state index contributed by atoms with van der Waals surface area (Å²) in [5.41, 5.74) is 0.316. The molecule has 0 saturated carbocycles. The van der Waals surface area contributed by atoms with Crippen LogP contribution in [-0.2, 0) is 4.79 Å². The number of pyridine rings is 1. The molecule has 0 aliphatic carbocycles. The van der Waals surface area contributed by atoms with E-state index in [0.29, 0.717) is 0 Å². The molecule has 27 heavy (non-hydrogen) atoms. The predicted octanol–water partition coefficient (Wildman–Crippen LogP) is 2.61. The summed E-state index contributed by atoms with van der Waals surface area (Å²) in [6.45, 7) is -2.33. The summed E-state index contributed by atoms with van der Waals surface area (Å²) in [4.78, 5) is 14.9. The molecule has 13 heteroatoms. The van der Waals surface area contributed by atoms with Gasteiger partial charge in [0.2, 0.25) is 5.78 Å². The van der Waals surface area contributed by atoms with Crippen LogP contribution in [0.2, 0.25) is 0 Å². The molecule has 2 rings (SSSR count). The van der Waals surface area contributed by atoms with Crippen LogP contribution in [0.3, 0.4) is 0 Å². The molecule has 0 saturated heterocycles. The third kappa shape index (κ3) is 6.50. The maximum absolute atomic E-state index is 13.8. The quantitative estimate of drug-likeness (QED) is 0.483. The van der Waals surface area contributed by atoms with Crippen LogP contribution in [-0.4, -0.2) is 47.3 Å². The lowest BCUT2D eigenvalue weighted by Crippen LogP contribution is -2.46. The minimum atomic E-state index is -4.63. The van der Waals surface area contributed by atoms with Crippen LogP contribution in [0.15, 0.2) is 23.5 Å². The fraction of sp³-hybridized carbons (Fsp3) is 0.357. The lowest BCUT2D eigenvalue weighted by molar-refractivity contribution is -0.154. The fourth-order valence-electron chi connectivity index (χ4n) is 1.80. The highest BCUT2D eigenvalue weighted by Gasteiger charge is 2.34. The van der Waals surface area contributed by atoms with Gasteiger partial charge in [0.25, 0.3) is 5.88 Å². The third-order valence-electron chi connectivity index (χ3n) is 3.04. The lowest BCUT2D eigenvalue weighted by atomic mass is 10.2. The Kier molecular flexibility index (Phi) is 6.46. The number of nitrogens with zero attached hydrogens (tertiary/aromatic N) is 2. The van der Waals surface area contributed by atoms with Gasteiger partial charge in [0.05, 0.1) is 12.2 Å². The Morgan fingerprint density at radius 3 is 2.56 bits per heavy atom. The molecule has 0 bridgehead atoms. The molecular formula is C14H11BrF6N4O2. The van der Waals surface area contributed by atoms with Gasteiger partial charge in [0, 0.05) is 24.2 Å². The van der Waals surface area contributed by atoms with E-state index in [-0.39, 0.29) is 11.3 Å². The van der Waals surface area contributed by atoms with Gasteiger partial charge < -0.3 is 10.1 Å². The monoisotopic (exact) mass is 460 g/mol. The van der Waals surface area contributed by atoms with E-state index in [1.165, 1.54) is 12.4 Å². The van der Waals surface area contributed by atoms with Crippen molar-refractivity contribution >= 4 is 33.6 Å². The second-order valence-electron chi connectivity index (χ2n) is 5.17. The van der Waals surface area contributed by atoms with Crippen molar-refractivity contribution in [2.75, 3.05) is 13.2 Å². The van der Waals surface area contributed by atoms with Gasteiger partial charge in [0.15, 0.2) is 12.4 Å². The van der Waals surface area contributed by atoms with Gasteiger partial charge in [-0.25, -0.2) is 9.37 Å². The number of nitrogens with one attached hydrogen (secondary N) is 2. The van der Waals surface area contributed by atoms with Crippen LogP contribution < -0.4 is 15.4 Å². The third-order valence-corrected chi connectivity index (χ3v) is 3.48. The number of rotatable bonds is 7. The molecule has 0 spiro atoms. The topological polar surface area (TPSA) is 75.6 Å². The largest absolute Gasteiger partial charge is 0.466 e. The van der Waals surface area contributed by atoms with Gasteiger partial charge in [-0.15, -0.1) is 0 Å². The van der Waals surface area contributed by atoms with Crippen LogP contribution in [0.25, 0.3) is 5.70 Å². The Morgan fingerprint density at radius 1 is 1.33 bits per heavy atom. The first kappa shape index (κ1) is 21.2. The van der Waals surface area contributed by atoms with Crippen molar-refractivity contribution in [2.45, 2.75) is 17.2 Å². The summed E-state index contributed by atoms with van der Waals surface area (Å²) in [6.07, 6.45) is -1.78. The highest BCUT2D eigenvalue weighted by Crippen LogP contribution is 2.24. The van der Waals surface area contributed by atoms with Crippen molar-refractivity contribution < 1.29 is 35.9 Å². The normalized spacial score (nSPS) is 17.3. The number of aromatic nitrogens is 1. The average Bonchev–Trinajstić information content (AvgIpc) is 2.57. The number of carbonyl (C=O) groups is 1. The zero-order valence-electron chi connectivity index (χ0n) is 13.2. The smallest absolute Gasteiger partial charge is 0.422 e. The van der Waals surface area contributed by atoms with Gasteiger partial charge in [-0.05, 0) is 22.0 Å². The van der Waals surface area contributed by atoms with Crippen molar-refractivity contribution in [2.24, 2.45) is 4.99 Å². The number of Topliss-reactive ketones (excluding diaryl/α,β-unsaturated/α-hetero) is 1. The maximum Gasteiger partial charge on any atom is 0.422 e. The lowest BCUT2D eigenvalue weighted by Gasteiger charge is -2.19. The number of alkyl halides is 6. The zero-order chi connectivity index (χ0) is 20.2. The van der Waals surface area contributed by atoms with Gasteiger partial charge >= 0.3 is 11.0 Å². The summed E-state index contributed by atoms with van der Waals surface area (Å²) in [7, 11) is 0. The van der Waals surface area contributed by atoms with E-state index in [9.17, 15) is 31.1 Å². The molecule has 1 aromatic rings. The molecule has 0 amide bonds. The van der Waals surface area contributed by atoms with E-state index in [0.717, 1.165) is 12.3 Å². The highest BCUT2D eigenvalue weighted by molar-refractivity contribution is 9.10. The standard InChI is InChI=1S/C14H11BrF6N4O2/c15-14(20,21)10(26)4-24-11-5-22-9(3-23-11)7-1-8(16)12(25-2-7)27-6-13(17,18)19/h1-3,5,11,23-24H,4,6H2. The first-order valence-electron chi connectivity index (χ1n) is 7.15. The molecule has 0 radical (unpaired) electrons. The predicted molar refractivity (Wildman–Crippen MR) is 86.0 cm³/mol. The maximum atomic E-state index is 13.8.